The summed E-state index contributed by atoms with van der Waals surface area (Å²) in [5.74, 6) is 0.132. The minimum absolute atomic E-state index is 0.0683. The Hall–Kier alpha value is -2.13. The summed E-state index contributed by atoms with van der Waals surface area (Å²) in [5, 5.41) is 2.91. The second-order valence-electron chi connectivity index (χ2n) is 5.86. The quantitative estimate of drug-likeness (QED) is 0.592. The molecule has 0 bridgehead atoms. The van der Waals surface area contributed by atoms with Crippen LogP contribution in [0.3, 0.4) is 0 Å². The summed E-state index contributed by atoms with van der Waals surface area (Å²) < 4.78 is 34.8. The van der Waals surface area contributed by atoms with Crippen LogP contribution in [0.15, 0.2) is 24.3 Å². The van der Waals surface area contributed by atoms with Gasteiger partial charge < -0.3 is 14.8 Å². The van der Waals surface area contributed by atoms with E-state index in [1.54, 1.807) is 26.0 Å². The molecule has 1 aliphatic rings. The zero-order chi connectivity index (χ0) is 19.2. The maximum Gasteiger partial charge on any atom is 0.513 e. The molecule has 1 aromatic carbocycles. The number of hydrogen-bond donors (Lipinski definition) is 1. The van der Waals surface area contributed by atoms with E-state index >= 15 is 0 Å². The summed E-state index contributed by atoms with van der Waals surface area (Å²) in [7, 11) is -3.18. The molecule has 0 aliphatic carbocycles. The molecule has 144 valence electrons. The van der Waals surface area contributed by atoms with Crippen LogP contribution in [0, 0.1) is 0 Å². The van der Waals surface area contributed by atoms with E-state index in [2.05, 4.69) is 10.1 Å². The average molecular weight is 384 g/mol. The zero-order valence-corrected chi connectivity index (χ0v) is 15.8. The number of amides is 1. The normalized spacial score (nSPS) is 16.1. The molecular weight excluding hydrogens is 360 g/mol. The minimum atomic E-state index is -3.18. The topological polar surface area (TPSA) is 102 Å². The Bertz CT molecular complexity index is 724. The Labute approximate surface area is 153 Å². The lowest BCUT2D eigenvalue weighted by atomic mass is 10.1. The van der Waals surface area contributed by atoms with Crippen molar-refractivity contribution in [3.8, 4) is 5.75 Å². The third-order valence-corrected chi connectivity index (χ3v) is 6.01. The highest BCUT2D eigenvalue weighted by atomic mass is 32.2. The Morgan fingerprint density at radius 3 is 2.31 bits per heavy atom. The number of rotatable bonds is 6. The van der Waals surface area contributed by atoms with Gasteiger partial charge in [-0.2, -0.15) is 0 Å². The van der Waals surface area contributed by atoms with E-state index in [1.807, 2.05) is 0 Å². The van der Waals surface area contributed by atoms with E-state index in [-0.39, 0.29) is 30.1 Å². The molecule has 1 fully saturated rings. The maximum absolute atomic E-state index is 12.3. The Kier molecular flexibility index (Phi) is 6.98. The summed E-state index contributed by atoms with van der Waals surface area (Å²) in [6.45, 7) is 4.34. The molecule has 8 nitrogen and oxygen atoms in total. The maximum atomic E-state index is 12.3. The van der Waals surface area contributed by atoms with Crippen LogP contribution < -0.4 is 10.1 Å². The number of piperidine rings is 1. The summed E-state index contributed by atoms with van der Waals surface area (Å²) >= 11 is 0. The van der Waals surface area contributed by atoms with Crippen molar-refractivity contribution >= 4 is 22.1 Å². The van der Waals surface area contributed by atoms with Gasteiger partial charge in [0.05, 0.1) is 12.4 Å². The monoisotopic (exact) mass is 384 g/mol. The fourth-order valence-electron chi connectivity index (χ4n) is 2.65. The van der Waals surface area contributed by atoms with Gasteiger partial charge in [0.2, 0.25) is 10.0 Å². The van der Waals surface area contributed by atoms with E-state index in [1.165, 1.54) is 16.4 Å². The highest BCUT2D eigenvalue weighted by Gasteiger charge is 2.27. The predicted octanol–water partition coefficient (Wildman–Crippen LogP) is 1.77. The fraction of sp³-hybridized carbons (Fsp3) is 0.529. The first kappa shape index (κ1) is 20.2. The van der Waals surface area contributed by atoms with E-state index in [9.17, 15) is 18.0 Å². The molecule has 0 saturated carbocycles. The molecule has 0 spiro atoms. The number of sulfonamides is 1. The van der Waals surface area contributed by atoms with Crippen LogP contribution in [0.25, 0.3) is 0 Å². The Morgan fingerprint density at radius 2 is 1.77 bits per heavy atom. The number of benzene rings is 1. The molecular formula is C17H24N2O6S. The van der Waals surface area contributed by atoms with Gasteiger partial charge in [-0.25, -0.2) is 17.5 Å². The Balaban J connectivity index is 1.86. The van der Waals surface area contributed by atoms with Crippen molar-refractivity contribution in [3.63, 3.8) is 0 Å². The number of hydrogen-bond acceptors (Lipinski definition) is 6. The second kappa shape index (κ2) is 9.00. The SMILES string of the molecule is CCOC(=O)Oc1ccc(C(=O)NC2CCN(S(=O)(=O)CC)CC2)cc1. The van der Waals surface area contributed by atoms with Gasteiger partial charge in [0.25, 0.3) is 5.91 Å². The van der Waals surface area contributed by atoms with Gasteiger partial charge in [-0.15, -0.1) is 0 Å². The molecule has 0 atom stereocenters. The number of ether oxygens (including phenoxy) is 2. The molecule has 1 amide bonds. The molecule has 0 radical (unpaired) electrons. The van der Waals surface area contributed by atoms with Crippen LogP contribution in [0.5, 0.6) is 5.75 Å². The van der Waals surface area contributed by atoms with Crippen molar-refractivity contribution in [2.45, 2.75) is 32.7 Å². The van der Waals surface area contributed by atoms with Crippen LogP contribution in [0.2, 0.25) is 0 Å². The summed E-state index contributed by atoms with van der Waals surface area (Å²) in [4.78, 5) is 23.6. The van der Waals surface area contributed by atoms with Crippen LogP contribution in [0.4, 0.5) is 4.79 Å². The van der Waals surface area contributed by atoms with Crippen LogP contribution >= 0.6 is 0 Å². The Morgan fingerprint density at radius 1 is 1.15 bits per heavy atom. The molecule has 2 rings (SSSR count). The third kappa shape index (κ3) is 5.43. The van der Waals surface area contributed by atoms with Gasteiger partial charge >= 0.3 is 6.16 Å². The third-order valence-electron chi connectivity index (χ3n) is 4.13. The van der Waals surface area contributed by atoms with Crippen LogP contribution in [0.1, 0.15) is 37.0 Å². The lowest BCUT2D eigenvalue weighted by Gasteiger charge is -2.31. The predicted molar refractivity (Wildman–Crippen MR) is 95.6 cm³/mol. The highest BCUT2D eigenvalue weighted by molar-refractivity contribution is 7.89. The van der Waals surface area contributed by atoms with Crippen molar-refractivity contribution in [1.29, 1.82) is 0 Å². The minimum Gasteiger partial charge on any atom is -0.434 e. The molecule has 0 aromatic heterocycles. The number of carbonyl (C=O) groups is 2. The van der Waals surface area contributed by atoms with Gasteiger partial charge in [-0.3, -0.25) is 4.79 Å². The smallest absolute Gasteiger partial charge is 0.434 e. The second-order valence-corrected chi connectivity index (χ2v) is 8.11. The van der Waals surface area contributed by atoms with E-state index < -0.39 is 16.2 Å². The first-order valence-electron chi connectivity index (χ1n) is 8.59. The van der Waals surface area contributed by atoms with Crippen molar-refractivity contribution in [1.82, 2.24) is 9.62 Å². The summed E-state index contributed by atoms with van der Waals surface area (Å²) in [6.07, 6.45) is 0.364. The van der Waals surface area contributed by atoms with Gasteiger partial charge in [0, 0.05) is 24.7 Å². The molecule has 1 saturated heterocycles. The summed E-state index contributed by atoms with van der Waals surface area (Å²) in [5.41, 5.74) is 0.435. The number of nitrogens with one attached hydrogen (secondary N) is 1. The molecule has 1 aromatic rings. The van der Waals surface area contributed by atoms with Gasteiger partial charge in [0.1, 0.15) is 5.75 Å². The van der Waals surface area contributed by atoms with Crippen molar-refractivity contribution in [2.24, 2.45) is 0 Å². The first-order chi connectivity index (χ1) is 12.4. The van der Waals surface area contributed by atoms with E-state index in [0.29, 0.717) is 31.5 Å². The lowest BCUT2D eigenvalue weighted by molar-refractivity contribution is 0.0923. The standard InChI is InChI=1S/C17H24N2O6S/c1-3-24-17(21)25-15-7-5-13(6-8-15)16(20)18-14-9-11-19(12-10-14)26(22,23)4-2/h5-8,14H,3-4,9-12H2,1-2H3,(H,18,20). The molecule has 26 heavy (non-hydrogen) atoms. The molecule has 1 N–H and O–H groups in total. The van der Waals surface area contributed by atoms with Gasteiger partial charge in [0.15, 0.2) is 0 Å². The highest BCUT2D eigenvalue weighted by Crippen LogP contribution is 2.16. The molecule has 1 aliphatic heterocycles. The zero-order valence-electron chi connectivity index (χ0n) is 14.9. The largest absolute Gasteiger partial charge is 0.513 e. The van der Waals surface area contributed by atoms with E-state index in [0.717, 1.165) is 0 Å². The van der Waals surface area contributed by atoms with Gasteiger partial charge in [-0.1, -0.05) is 0 Å². The number of nitrogens with zero attached hydrogens (tertiary/aromatic N) is 1. The van der Waals surface area contributed by atoms with Crippen LogP contribution in [-0.2, 0) is 14.8 Å². The van der Waals surface area contributed by atoms with E-state index in [4.69, 9.17) is 4.74 Å². The summed E-state index contributed by atoms with van der Waals surface area (Å²) in [6, 6.07) is 6.08. The van der Waals surface area contributed by atoms with Gasteiger partial charge in [-0.05, 0) is 51.0 Å². The first-order valence-corrected chi connectivity index (χ1v) is 10.2. The van der Waals surface area contributed by atoms with Crippen molar-refractivity contribution in [2.75, 3.05) is 25.4 Å². The molecule has 0 unspecified atom stereocenters. The van der Waals surface area contributed by atoms with Crippen LogP contribution in [-0.4, -0.2) is 56.3 Å². The average Bonchev–Trinajstić information content (AvgIpc) is 2.63. The molecule has 9 heteroatoms. The lowest BCUT2D eigenvalue weighted by Crippen LogP contribution is -2.46. The van der Waals surface area contributed by atoms with Crippen molar-refractivity contribution in [3.05, 3.63) is 29.8 Å². The fourth-order valence-corrected chi connectivity index (χ4v) is 3.78. The number of carbonyl (C=O) groups excluding carboxylic acids is 2. The molecule has 1 heterocycles. The van der Waals surface area contributed by atoms with Crippen molar-refractivity contribution < 1.29 is 27.5 Å².